The van der Waals surface area contributed by atoms with Crippen molar-refractivity contribution in [2.45, 2.75) is 52.0 Å². The van der Waals surface area contributed by atoms with Crippen molar-refractivity contribution >= 4 is 24.2 Å². The van der Waals surface area contributed by atoms with Gasteiger partial charge >= 0.3 is 0 Å². The lowest BCUT2D eigenvalue weighted by molar-refractivity contribution is -0.132. The van der Waals surface area contributed by atoms with Gasteiger partial charge in [0, 0.05) is 25.6 Å². The van der Waals surface area contributed by atoms with Gasteiger partial charge in [0.25, 0.3) is 5.91 Å². The fourth-order valence-corrected chi connectivity index (χ4v) is 3.84. The number of carbonyl (C=O) groups excluding carboxylic acids is 2. The highest BCUT2D eigenvalue weighted by atomic mass is 35.5. The minimum atomic E-state index is -0.0761. The first-order chi connectivity index (χ1) is 12.0. The van der Waals surface area contributed by atoms with Crippen LogP contribution in [0.2, 0.25) is 0 Å². The summed E-state index contributed by atoms with van der Waals surface area (Å²) in [4.78, 5) is 26.7. The summed E-state index contributed by atoms with van der Waals surface area (Å²) in [5.41, 5.74) is 0.612. The summed E-state index contributed by atoms with van der Waals surface area (Å²) in [5.74, 6) is 2.25. The van der Waals surface area contributed by atoms with Gasteiger partial charge in [-0.2, -0.15) is 0 Å². The molecular weight excluding hydrogens is 354 g/mol. The van der Waals surface area contributed by atoms with E-state index in [1.807, 2.05) is 18.7 Å². The standard InChI is InChI=1S/C19H29N3O3.ClH/c1-13-11-17(14(2)25-13)19(24)21-16-6-9-22(10-7-16)18(23)4-3-15-5-8-20-12-15;/h11,15-16,20H,3-10,12H2,1-2H3,(H,21,24);1H. The topological polar surface area (TPSA) is 74.6 Å². The van der Waals surface area contributed by atoms with Crippen LogP contribution in [-0.2, 0) is 4.79 Å². The van der Waals surface area contributed by atoms with E-state index in [9.17, 15) is 9.59 Å². The number of aryl methyl sites for hydroxylation is 2. The molecule has 0 aliphatic carbocycles. The van der Waals surface area contributed by atoms with E-state index in [1.54, 1.807) is 6.07 Å². The number of halogens is 1. The van der Waals surface area contributed by atoms with Gasteiger partial charge in [0.15, 0.2) is 0 Å². The molecule has 2 N–H and O–H groups in total. The van der Waals surface area contributed by atoms with Crippen LogP contribution in [0.4, 0.5) is 0 Å². The largest absolute Gasteiger partial charge is 0.466 e. The molecule has 0 aromatic carbocycles. The number of rotatable bonds is 5. The molecule has 7 heteroatoms. The highest BCUT2D eigenvalue weighted by Gasteiger charge is 2.26. The number of amides is 2. The van der Waals surface area contributed by atoms with Crippen molar-refractivity contribution in [3.63, 3.8) is 0 Å². The van der Waals surface area contributed by atoms with Crippen LogP contribution in [0.25, 0.3) is 0 Å². The Balaban J connectivity index is 0.00000243. The number of nitrogens with one attached hydrogen (secondary N) is 2. The summed E-state index contributed by atoms with van der Waals surface area (Å²) in [7, 11) is 0. The lowest BCUT2D eigenvalue weighted by Crippen LogP contribution is -2.46. The third-order valence-corrected chi connectivity index (χ3v) is 5.40. The number of hydrogen-bond acceptors (Lipinski definition) is 4. The minimum absolute atomic E-state index is 0. The van der Waals surface area contributed by atoms with Crippen molar-refractivity contribution in [3.05, 3.63) is 23.2 Å². The van der Waals surface area contributed by atoms with E-state index in [1.165, 1.54) is 6.42 Å². The van der Waals surface area contributed by atoms with Crippen LogP contribution in [0.3, 0.4) is 0 Å². The Hall–Kier alpha value is -1.53. The molecule has 2 aliphatic rings. The molecule has 1 aromatic rings. The molecule has 0 saturated carbocycles. The van der Waals surface area contributed by atoms with Gasteiger partial charge in [-0.1, -0.05) is 0 Å². The van der Waals surface area contributed by atoms with E-state index in [-0.39, 0.29) is 30.3 Å². The van der Waals surface area contributed by atoms with Crippen LogP contribution < -0.4 is 10.6 Å². The Morgan fingerprint density at radius 2 is 2.00 bits per heavy atom. The quantitative estimate of drug-likeness (QED) is 0.818. The van der Waals surface area contributed by atoms with Crippen LogP contribution in [0.1, 0.15) is 54.0 Å². The predicted molar refractivity (Wildman–Crippen MR) is 103 cm³/mol. The van der Waals surface area contributed by atoms with Gasteiger partial charge < -0.3 is 20.0 Å². The fourth-order valence-electron chi connectivity index (χ4n) is 3.84. The molecule has 1 atom stereocenters. The molecule has 146 valence electrons. The van der Waals surface area contributed by atoms with Gasteiger partial charge in [-0.25, -0.2) is 0 Å². The zero-order chi connectivity index (χ0) is 17.8. The highest BCUT2D eigenvalue weighted by molar-refractivity contribution is 5.95. The fraction of sp³-hybridized carbons (Fsp3) is 0.684. The second-order valence-corrected chi connectivity index (χ2v) is 7.35. The number of hydrogen-bond donors (Lipinski definition) is 2. The summed E-state index contributed by atoms with van der Waals surface area (Å²) in [6, 6.07) is 1.91. The Labute approximate surface area is 161 Å². The molecule has 6 nitrogen and oxygen atoms in total. The number of nitrogens with zero attached hydrogens (tertiary/aromatic N) is 1. The summed E-state index contributed by atoms with van der Waals surface area (Å²) in [5, 5.41) is 6.43. The second-order valence-electron chi connectivity index (χ2n) is 7.35. The predicted octanol–water partition coefficient (Wildman–Crippen LogP) is 2.43. The average Bonchev–Trinajstić information content (AvgIpc) is 3.22. The number of piperidine rings is 1. The SMILES string of the molecule is Cc1cc(C(=O)NC2CCN(C(=O)CCC3CCNC3)CC2)c(C)o1.Cl. The molecule has 2 fully saturated rings. The molecule has 2 aliphatic heterocycles. The minimum Gasteiger partial charge on any atom is -0.466 e. The van der Waals surface area contributed by atoms with Crippen molar-refractivity contribution in [2.75, 3.05) is 26.2 Å². The van der Waals surface area contributed by atoms with Crippen LogP contribution in [0.15, 0.2) is 10.5 Å². The maximum atomic E-state index is 12.4. The van der Waals surface area contributed by atoms with Crippen molar-refractivity contribution in [3.8, 4) is 0 Å². The molecule has 0 radical (unpaired) electrons. The summed E-state index contributed by atoms with van der Waals surface area (Å²) in [6.45, 7) is 7.25. The lowest BCUT2D eigenvalue weighted by atomic mass is 10.0. The smallest absolute Gasteiger partial charge is 0.255 e. The van der Waals surface area contributed by atoms with Crippen LogP contribution in [-0.4, -0.2) is 48.9 Å². The Morgan fingerprint density at radius 3 is 2.58 bits per heavy atom. The first-order valence-corrected chi connectivity index (χ1v) is 9.39. The van der Waals surface area contributed by atoms with E-state index >= 15 is 0 Å². The normalized spacial score (nSPS) is 20.7. The van der Waals surface area contributed by atoms with E-state index < -0.39 is 0 Å². The molecule has 0 bridgehead atoms. The van der Waals surface area contributed by atoms with Crippen LogP contribution >= 0.6 is 12.4 Å². The molecule has 26 heavy (non-hydrogen) atoms. The van der Waals surface area contributed by atoms with Gasteiger partial charge in [-0.3, -0.25) is 9.59 Å². The van der Waals surface area contributed by atoms with Gasteiger partial charge in [-0.05, 0) is 64.6 Å². The first-order valence-electron chi connectivity index (χ1n) is 9.39. The van der Waals surface area contributed by atoms with E-state index in [0.717, 1.165) is 51.2 Å². The molecule has 2 saturated heterocycles. The lowest BCUT2D eigenvalue weighted by Gasteiger charge is -2.32. The van der Waals surface area contributed by atoms with Gasteiger partial charge in [0.05, 0.1) is 5.56 Å². The molecule has 3 rings (SSSR count). The maximum Gasteiger partial charge on any atom is 0.255 e. The van der Waals surface area contributed by atoms with Crippen molar-refractivity contribution in [1.82, 2.24) is 15.5 Å². The number of likely N-dealkylation sites (tertiary alicyclic amines) is 1. The third kappa shape index (κ3) is 5.24. The second kappa shape index (κ2) is 9.42. The highest BCUT2D eigenvalue weighted by Crippen LogP contribution is 2.18. The zero-order valence-electron chi connectivity index (χ0n) is 15.7. The summed E-state index contributed by atoms with van der Waals surface area (Å²) < 4.78 is 5.42. The van der Waals surface area contributed by atoms with E-state index in [2.05, 4.69) is 10.6 Å². The summed E-state index contributed by atoms with van der Waals surface area (Å²) >= 11 is 0. The van der Waals surface area contributed by atoms with Crippen molar-refractivity contribution in [1.29, 1.82) is 0 Å². The number of carbonyl (C=O) groups is 2. The van der Waals surface area contributed by atoms with Crippen LogP contribution in [0.5, 0.6) is 0 Å². The first kappa shape index (κ1) is 20.8. The van der Waals surface area contributed by atoms with Crippen molar-refractivity contribution < 1.29 is 14.0 Å². The van der Waals surface area contributed by atoms with Gasteiger partial charge in [0.2, 0.25) is 5.91 Å². The van der Waals surface area contributed by atoms with E-state index in [0.29, 0.717) is 23.7 Å². The maximum absolute atomic E-state index is 12.4. The average molecular weight is 384 g/mol. The van der Waals surface area contributed by atoms with E-state index in [4.69, 9.17) is 4.42 Å². The molecule has 1 aromatic heterocycles. The molecule has 0 spiro atoms. The Morgan fingerprint density at radius 1 is 1.27 bits per heavy atom. The van der Waals surface area contributed by atoms with Crippen molar-refractivity contribution in [2.24, 2.45) is 5.92 Å². The Bertz CT molecular complexity index is 618. The van der Waals surface area contributed by atoms with Crippen LogP contribution in [0, 0.1) is 19.8 Å². The third-order valence-electron chi connectivity index (χ3n) is 5.40. The number of furan rings is 1. The van der Waals surface area contributed by atoms with Gasteiger partial charge in [-0.15, -0.1) is 12.4 Å². The molecule has 2 amide bonds. The Kier molecular flexibility index (Phi) is 7.53. The zero-order valence-corrected chi connectivity index (χ0v) is 16.5. The molecule has 3 heterocycles. The molecular formula is C19H30ClN3O3. The summed E-state index contributed by atoms with van der Waals surface area (Å²) in [6.07, 6.45) is 4.46. The monoisotopic (exact) mass is 383 g/mol. The van der Waals surface area contributed by atoms with Gasteiger partial charge in [0.1, 0.15) is 11.5 Å². The molecule has 1 unspecified atom stereocenters.